The number of alkyl halides is 1. The maximum Gasteiger partial charge on any atom is 0.226 e. The highest BCUT2D eigenvalue weighted by Gasteiger charge is 2.08. The standard InChI is InChI=1S/C15H17ClN2O/c1-10(2)12-4-6-14(7-5-12)19-15-13(8-16)9-17-11(3)18-15/h4-7,9-10H,8H2,1-3H3. The number of aromatic nitrogens is 2. The third kappa shape index (κ3) is 3.44. The van der Waals surface area contributed by atoms with Gasteiger partial charge in [0.05, 0.1) is 5.88 Å². The summed E-state index contributed by atoms with van der Waals surface area (Å²) in [5, 5.41) is 0. The monoisotopic (exact) mass is 276 g/mol. The van der Waals surface area contributed by atoms with Crippen LogP contribution < -0.4 is 4.74 Å². The molecule has 1 aromatic heterocycles. The van der Waals surface area contributed by atoms with E-state index < -0.39 is 0 Å². The van der Waals surface area contributed by atoms with Gasteiger partial charge < -0.3 is 4.74 Å². The van der Waals surface area contributed by atoms with Gasteiger partial charge in [0.25, 0.3) is 0 Å². The highest BCUT2D eigenvalue weighted by Crippen LogP contribution is 2.25. The second kappa shape index (κ2) is 6.02. The molecular formula is C15H17ClN2O. The van der Waals surface area contributed by atoms with E-state index in [2.05, 4.69) is 35.9 Å². The lowest BCUT2D eigenvalue weighted by Crippen LogP contribution is -1.97. The van der Waals surface area contributed by atoms with E-state index in [0.717, 1.165) is 11.3 Å². The second-order valence-corrected chi connectivity index (χ2v) is 4.97. The smallest absolute Gasteiger partial charge is 0.226 e. The number of halogens is 1. The van der Waals surface area contributed by atoms with Crippen molar-refractivity contribution in [3.05, 3.63) is 47.4 Å². The Balaban J connectivity index is 2.23. The number of benzene rings is 1. The summed E-state index contributed by atoms with van der Waals surface area (Å²) in [7, 11) is 0. The highest BCUT2D eigenvalue weighted by atomic mass is 35.5. The fourth-order valence-corrected chi connectivity index (χ4v) is 1.87. The van der Waals surface area contributed by atoms with Gasteiger partial charge in [-0.1, -0.05) is 26.0 Å². The van der Waals surface area contributed by atoms with Crippen LogP contribution in [-0.2, 0) is 5.88 Å². The molecule has 0 amide bonds. The van der Waals surface area contributed by atoms with E-state index in [9.17, 15) is 0 Å². The molecule has 4 heteroatoms. The Bertz CT molecular complexity index is 553. The molecule has 0 N–H and O–H groups in total. The van der Waals surface area contributed by atoms with E-state index in [1.54, 1.807) is 6.20 Å². The normalized spacial score (nSPS) is 10.8. The molecule has 2 aromatic rings. The minimum Gasteiger partial charge on any atom is -0.439 e. The van der Waals surface area contributed by atoms with Crippen LogP contribution in [0.2, 0.25) is 0 Å². The molecule has 0 aliphatic rings. The molecule has 0 aliphatic heterocycles. The third-order valence-corrected chi connectivity index (χ3v) is 3.14. The van der Waals surface area contributed by atoms with Gasteiger partial charge in [-0.2, -0.15) is 4.98 Å². The van der Waals surface area contributed by atoms with Gasteiger partial charge >= 0.3 is 0 Å². The van der Waals surface area contributed by atoms with Crippen molar-refractivity contribution in [2.24, 2.45) is 0 Å². The summed E-state index contributed by atoms with van der Waals surface area (Å²) >= 11 is 5.86. The Kier molecular flexibility index (Phi) is 4.38. The molecule has 0 bridgehead atoms. The summed E-state index contributed by atoms with van der Waals surface area (Å²) in [6.07, 6.45) is 1.70. The fraction of sp³-hybridized carbons (Fsp3) is 0.333. The molecule has 19 heavy (non-hydrogen) atoms. The first-order chi connectivity index (χ1) is 9.10. The predicted molar refractivity (Wildman–Crippen MR) is 76.9 cm³/mol. The van der Waals surface area contributed by atoms with Crippen molar-refractivity contribution < 1.29 is 4.74 Å². The summed E-state index contributed by atoms with van der Waals surface area (Å²) < 4.78 is 5.78. The molecule has 0 atom stereocenters. The van der Waals surface area contributed by atoms with Crippen molar-refractivity contribution in [3.8, 4) is 11.6 Å². The zero-order valence-corrected chi connectivity index (χ0v) is 12.1. The van der Waals surface area contributed by atoms with Crippen molar-refractivity contribution >= 4 is 11.6 Å². The summed E-state index contributed by atoms with van der Waals surface area (Å²) in [6.45, 7) is 6.15. The molecule has 100 valence electrons. The Labute approximate surface area is 118 Å². The van der Waals surface area contributed by atoms with E-state index in [-0.39, 0.29) is 0 Å². The van der Waals surface area contributed by atoms with Gasteiger partial charge in [0.2, 0.25) is 5.88 Å². The molecule has 0 fully saturated rings. The first kappa shape index (κ1) is 13.8. The average Bonchev–Trinajstić information content (AvgIpc) is 2.39. The summed E-state index contributed by atoms with van der Waals surface area (Å²) in [5.41, 5.74) is 2.07. The first-order valence-electron chi connectivity index (χ1n) is 6.26. The molecule has 0 aliphatic carbocycles. The van der Waals surface area contributed by atoms with Crippen molar-refractivity contribution in [1.82, 2.24) is 9.97 Å². The first-order valence-corrected chi connectivity index (χ1v) is 6.80. The Morgan fingerprint density at radius 3 is 2.47 bits per heavy atom. The molecule has 0 unspecified atom stereocenters. The lowest BCUT2D eigenvalue weighted by Gasteiger charge is -2.10. The van der Waals surface area contributed by atoms with Crippen LogP contribution in [0.15, 0.2) is 30.5 Å². The van der Waals surface area contributed by atoms with Crippen LogP contribution in [0.4, 0.5) is 0 Å². The molecule has 0 saturated heterocycles. The van der Waals surface area contributed by atoms with Crippen LogP contribution in [0.25, 0.3) is 0 Å². The maximum atomic E-state index is 5.86. The van der Waals surface area contributed by atoms with Crippen molar-refractivity contribution in [2.75, 3.05) is 0 Å². The third-order valence-electron chi connectivity index (χ3n) is 2.85. The Morgan fingerprint density at radius 1 is 1.21 bits per heavy atom. The van der Waals surface area contributed by atoms with Crippen LogP contribution in [-0.4, -0.2) is 9.97 Å². The van der Waals surface area contributed by atoms with Crippen molar-refractivity contribution in [1.29, 1.82) is 0 Å². The predicted octanol–water partition coefficient (Wildman–Crippen LogP) is 4.44. The zero-order chi connectivity index (χ0) is 13.8. The molecule has 2 rings (SSSR count). The van der Waals surface area contributed by atoms with Gasteiger partial charge in [0.15, 0.2) is 0 Å². The lowest BCUT2D eigenvalue weighted by molar-refractivity contribution is 0.454. The zero-order valence-electron chi connectivity index (χ0n) is 11.4. The number of hydrogen-bond donors (Lipinski definition) is 0. The number of hydrogen-bond acceptors (Lipinski definition) is 3. The van der Waals surface area contributed by atoms with E-state index >= 15 is 0 Å². The van der Waals surface area contributed by atoms with Crippen molar-refractivity contribution in [2.45, 2.75) is 32.6 Å². The minimum absolute atomic E-state index is 0.333. The largest absolute Gasteiger partial charge is 0.439 e. The molecular weight excluding hydrogens is 260 g/mol. The number of rotatable bonds is 4. The fourth-order valence-electron chi connectivity index (χ4n) is 1.69. The van der Waals surface area contributed by atoms with Crippen molar-refractivity contribution in [3.63, 3.8) is 0 Å². The number of nitrogens with zero attached hydrogens (tertiary/aromatic N) is 2. The van der Waals surface area contributed by atoms with Crippen LogP contribution in [0.1, 0.15) is 36.7 Å². The minimum atomic E-state index is 0.333. The average molecular weight is 277 g/mol. The molecule has 0 radical (unpaired) electrons. The Hall–Kier alpha value is -1.61. The number of aryl methyl sites for hydroxylation is 1. The maximum absolute atomic E-state index is 5.86. The molecule has 1 aromatic carbocycles. The van der Waals surface area contributed by atoms with Gasteiger partial charge in [-0.3, -0.25) is 0 Å². The van der Waals surface area contributed by atoms with Crippen LogP contribution >= 0.6 is 11.6 Å². The second-order valence-electron chi connectivity index (χ2n) is 4.71. The topological polar surface area (TPSA) is 35.0 Å². The van der Waals surface area contributed by atoms with Crippen LogP contribution in [0.3, 0.4) is 0 Å². The van der Waals surface area contributed by atoms with Gasteiger partial charge in [0, 0.05) is 11.8 Å². The molecule has 0 spiro atoms. The number of ether oxygens (including phenoxy) is 1. The lowest BCUT2D eigenvalue weighted by atomic mass is 10.0. The molecule has 1 heterocycles. The summed E-state index contributed by atoms with van der Waals surface area (Å²) in [6, 6.07) is 8.03. The molecule has 0 saturated carbocycles. The highest BCUT2D eigenvalue weighted by molar-refractivity contribution is 6.17. The summed E-state index contributed by atoms with van der Waals surface area (Å²) in [5.74, 6) is 2.80. The van der Waals surface area contributed by atoms with Crippen LogP contribution in [0.5, 0.6) is 11.6 Å². The Morgan fingerprint density at radius 2 is 1.89 bits per heavy atom. The van der Waals surface area contributed by atoms with Gasteiger partial charge in [-0.15, -0.1) is 11.6 Å². The van der Waals surface area contributed by atoms with E-state index in [0.29, 0.717) is 23.5 Å². The van der Waals surface area contributed by atoms with Gasteiger partial charge in [-0.05, 0) is 30.5 Å². The molecule has 3 nitrogen and oxygen atoms in total. The van der Waals surface area contributed by atoms with Gasteiger partial charge in [-0.25, -0.2) is 4.98 Å². The summed E-state index contributed by atoms with van der Waals surface area (Å²) in [4.78, 5) is 8.39. The SMILES string of the molecule is Cc1ncc(CCl)c(Oc2ccc(C(C)C)cc2)n1. The van der Waals surface area contributed by atoms with E-state index in [4.69, 9.17) is 16.3 Å². The van der Waals surface area contributed by atoms with Crippen LogP contribution in [0, 0.1) is 6.92 Å². The quantitative estimate of drug-likeness (QED) is 0.775. The van der Waals surface area contributed by atoms with E-state index in [1.165, 1.54) is 5.56 Å². The van der Waals surface area contributed by atoms with Gasteiger partial charge in [0.1, 0.15) is 11.6 Å². The van der Waals surface area contributed by atoms with E-state index in [1.807, 2.05) is 19.1 Å².